The smallest absolute Gasteiger partial charge is 0.335 e. The van der Waals surface area contributed by atoms with Gasteiger partial charge in [0.25, 0.3) is 0 Å². The Balaban J connectivity index is 2.76. The van der Waals surface area contributed by atoms with Gasteiger partial charge in [-0.2, -0.15) is 0 Å². The Morgan fingerprint density at radius 3 is 1.21 bits per heavy atom. The first-order valence-electron chi connectivity index (χ1n) is 29.2. The van der Waals surface area contributed by atoms with E-state index in [-0.39, 0.29) is 25.9 Å². The van der Waals surface area contributed by atoms with Crippen molar-refractivity contribution in [3.05, 3.63) is 134 Å². The van der Waals surface area contributed by atoms with Crippen LogP contribution in [0.5, 0.6) is 0 Å². The van der Waals surface area contributed by atoms with Gasteiger partial charge in [0.05, 0.1) is 6.61 Å². The van der Waals surface area contributed by atoms with E-state index >= 15 is 0 Å². The second-order valence-electron chi connectivity index (χ2n) is 19.1. The first-order chi connectivity index (χ1) is 37.6. The average Bonchev–Trinajstić information content (AvgIpc) is 3.42. The SMILES string of the molecule is CC/C=C\C/C=C\C/C=C\C/C=C\CCCCCCC(=O)OCC(COC1OC(C(=O)O)C(O)C(O)C1OC(=O)CCCCCCC/C=C\C/C=C\C/C=C\CC)OC(=O)CCCC/C=C\C/C=C\C/C=C\C/C=C\CC. The maximum Gasteiger partial charge on any atom is 0.335 e. The number of carboxylic acid groups (broad SMARTS) is 1. The third kappa shape index (κ3) is 41.6. The normalized spacial score (nSPS) is 19.0. The molecule has 6 atom stereocenters. The van der Waals surface area contributed by atoms with Crippen LogP contribution in [-0.4, -0.2) is 89.2 Å². The molecule has 0 bridgehead atoms. The second-order valence-corrected chi connectivity index (χ2v) is 19.1. The van der Waals surface area contributed by atoms with Gasteiger partial charge < -0.3 is 39.0 Å². The van der Waals surface area contributed by atoms with Crippen LogP contribution in [0, 0.1) is 0 Å². The molecule has 3 N–H and O–H groups in total. The lowest BCUT2D eigenvalue weighted by Crippen LogP contribution is -2.61. The fourth-order valence-electron chi connectivity index (χ4n) is 7.83. The van der Waals surface area contributed by atoms with Crippen molar-refractivity contribution in [2.24, 2.45) is 0 Å². The molecule has 1 saturated heterocycles. The summed E-state index contributed by atoms with van der Waals surface area (Å²) >= 11 is 0. The monoisotopic (exact) mass is 1070 g/mol. The first kappa shape index (κ1) is 69.9. The topological polar surface area (TPSA) is 175 Å². The van der Waals surface area contributed by atoms with Crippen molar-refractivity contribution in [3.63, 3.8) is 0 Å². The van der Waals surface area contributed by atoms with Gasteiger partial charge in [-0.1, -0.05) is 187 Å². The number of hydrogen-bond donors (Lipinski definition) is 3. The van der Waals surface area contributed by atoms with Crippen molar-refractivity contribution in [1.82, 2.24) is 0 Å². The summed E-state index contributed by atoms with van der Waals surface area (Å²) in [6, 6.07) is 0. The molecule has 12 heteroatoms. The molecule has 432 valence electrons. The molecule has 1 aliphatic rings. The Morgan fingerprint density at radius 2 is 0.779 bits per heavy atom. The van der Waals surface area contributed by atoms with E-state index in [1.807, 2.05) is 0 Å². The minimum atomic E-state index is -1.93. The van der Waals surface area contributed by atoms with Crippen molar-refractivity contribution in [2.45, 2.75) is 237 Å². The third-order valence-electron chi connectivity index (χ3n) is 12.2. The second kappa shape index (κ2) is 51.6. The van der Waals surface area contributed by atoms with E-state index in [1.165, 1.54) is 0 Å². The van der Waals surface area contributed by atoms with E-state index in [9.17, 15) is 34.5 Å². The lowest BCUT2D eigenvalue weighted by atomic mass is 9.98. The molecule has 0 aromatic heterocycles. The predicted molar refractivity (Wildman–Crippen MR) is 312 cm³/mol. The zero-order valence-corrected chi connectivity index (χ0v) is 47.4. The molecule has 0 aliphatic carbocycles. The summed E-state index contributed by atoms with van der Waals surface area (Å²) in [6.45, 7) is 5.57. The number of esters is 3. The minimum Gasteiger partial charge on any atom is -0.479 e. The van der Waals surface area contributed by atoms with Crippen LogP contribution in [0.3, 0.4) is 0 Å². The lowest BCUT2D eigenvalue weighted by Gasteiger charge is -2.40. The molecular formula is C65H100O12. The summed E-state index contributed by atoms with van der Waals surface area (Å²) in [7, 11) is 0. The van der Waals surface area contributed by atoms with Crippen LogP contribution in [0.15, 0.2) is 134 Å². The Hall–Kier alpha value is -5.14. The number of aliphatic hydroxyl groups excluding tert-OH is 2. The van der Waals surface area contributed by atoms with Crippen LogP contribution in [0.4, 0.5) is 0 Å². The fourth-order valence-corrected chi connectivity index (χ4v) is 7.83. The number of allylic oxidation sites excluding steroid dienone is 22. The third-order valence-corrected chi connectivity index (χ3v) is 12.2. The van der Waals surface area contributed by atoms with Gasteiger partial charge in [-0.15, -0.1) is 0 Å². The lowest BCUT2D eigenvalue weighted by molar-refractivity contribution is -0.301. The standard InChI is InChI=1S/C65H100O12/c1-4-7-10-13-16-19-22-25-28-29-32-33-36-39-42-45-48-51-57(66)73-54-56(75-58(67)52-49-46-43-40-37-34-30-26-23-20-17-14-11-8-5-2)55-74-65-63(61(70)60(69)62(77-65)64(71)72)76-59(68)53-50-47-44-41-38-35-31-27-24-21-18-15-12-9-6-3/h7-12,16-21,25-28,30-33,37,40,56,60-63,65,69-70H,4-6,13-15,22-24,29,34-36,38-39,41-55H2,1-3H3,(H,71,72)/b10-7-,11-8-,12-9-,19-16-,20-17-,21-18-,28-25-,30-26-,31-27-,33-32-,40-37-. The number of ether oxygens (including phenoxy) is 5. The molecule has 1 heterocycles. The highest BCUT2D eigenvalue weighted by Crippen LogP contribution is 2.26. The van der Waals surface area contributed by atoms with Gasteiger partial charge in [0.2, 0.25) is 0 Å². The van der Waals surface area contributed by atoms with Crippen molar-refractivity contribution >= 4 is 23.9 Å². The molecule has 1 rings (SSSR count). The number of unbranched alkanes of at least 4 members (excludes halogenated alkanes) is 11. The van der Waals surface area contributed by atoms with E-state index in [2.05, 4.69) is 154 Å². The maximum absolute atomic E-state index is 13.1. The average molecular weight is 1070 g/mol. The molecule has 0 aromatic carbocycles. The quantitative estimate of drug-likeness (QED) is 0.0228. The molecule has 0 aromatic rings. The van der Waals surface area contributed by atoms with Crippen LogP contribution in [-0.2, 0) is 42.9 Å². The zero-order chi connectivity index (χ0) is 56.1. The van der Waals surface area contributed by atoms with Gasteiger partial charge in [-0.25, -0.2) is 4.79 Å². The zero-order valence-electron chi connectivity index (χ0n) is 47.4. The minimum absolute atomic E-state index is 0.0256. The molecule has 0 radical (unpaired) electrons. The fraction of sp³-hybridized carbons (Fsp3) is 0.600. The van der Waals surface area contributed by atoms with E-state index in [4.69, 9.17) is 23.7 Å². The van der Waals surface area contributed by atoms with Crippen LogP contribution in [0.25, 0.3) is 0 Å². The first-order valence-corrected chi connectivity index (χ1v) is 29.2. The van der Waals surface area contributed by atoms with Crippen molar-refractivity contribution in [3.8, 4) is 0 Å². The van der Waals surface area contributed by atoms with Crippen molar-refractivity contribution in [1.29, 1.82) is 0 Å². The highest BCUT2D eigenvalue weighted by Gasteiger charge is 2.50. The number of carbonyl (C=O) groups excluding carboxylic acids is 3. The molecule has 1 fully saturated rings. The van der Waals surface area contributed by atoms with Crippen LogP contribution in [0.2, 0.25) is 0 Å². The number of aliphatic carboxylic acids is 1. The van der Waals surface area contributed by atoms with E-state index in [1.54, 1.807) is 0 Å². The molecule has 0 spiro atoms. The summed E-state index contributed by atoms with van der Waals surface area (Å²) in [5.74, 6) is -3.26. The molecule has 77 heavy (non-hydrogen) atoms. The Bertz CT molecular complexity index is 1850. The highest BCUT2D eigenvalue weighted by atomic mass is 16.7. The number of carbonyl (C=O) groups is 4. The Morgan fingerprint density at radius 1 is 0.429 bits per heavy atom. The molecule has 1 aliphatic heterocycles. The number of aliphatic hydroxyl groups is 2. The van der Waals surface area contributed by atoms with Gasteiger partial charge in [0, 0.05) is 19.3 Å². The van der Waals surface area contributed by atoms with Gasteiger partial charge in [0.15, 0.2) is 24.6 Å². The summed E-state index contributed by atoms with van der Waals surface area (Å²) in [4.78, 5) is 51.1. The van der Waals surface area contributed by atoms with Gasteiger partial charge in [-0.3, -0.25) is 14.4 Å². The number of carboxylic acids is 1. The van der Waals surface area contributed by atoms with Crippen LogP contribution in [0.1, 0.15) is 201 Å². The number of hydrogen-bond acceptors (Lipinski definition) is 11. The van der Waals surface area contributed by atoms with E-state index < -0.39 is 67.3 Å². The van der Waals surface area contributed by atoms with Crippen LogP contribution >= 0.6 is 0 Å². The van der Waals surface area contributed by atoms with Gasteiger partial charge in [-0.05, 0) is 128 Å². The van der Waals surface area contributed by atoms with E-state index in [0.29, 0.717) is 19.3 Å². The Kier molecular flexibility index (Phi) is 46.8. The van der Waals surface area contributed by atoms with Gasteiger partial charge >= 0.3 is 23.9 Å². The van der Waals surface area contributed by atoms with Crippen molar-refractivity contribution in [2.75, 3.05) is 13.2 Å². The molecule has 6 unspecified atom stereocenters. The summed E-state index contributed by atoms with van der Waals surface area (Å²) in [5.41, 5.74) is 0. The summed E-state index contributed by atoms with van der Waals surface area (Å²) in [6.07, 6.45) is 59.9. The van der Waals surface area contributed by atoms with Crippen LogP contribution < -0.4 is 0 Å². The van der Waals surface area contributed by atoms with E-state index in [0.717, 1.165) is 141 Å². The van der Waals surface area contributed by atoms with Crippen molar-refractivity contribution < 1.29 is 58.2 Å². The molecule has 0 saturated carbocycles. The molecule has 12 nitrogen and oxygen atoms in total. The largest absolute Gasteiger partial charge is 0.479 e. The molecular weight excluding hydrogens is 973 g/mol. The maximum atomic E-state index is 13.1. The van der Waals surface area contributed by atoms with Gasteiger partial charge in [0.1, 0.15) is 18.8 Å². The summed E-state index contributed by atoms with van der Waals surface area (Å²) in [5, 5.41) is 31.5. The predicted octanol–water partition coefficient (Wildman–Crippen LogP) is 15.0. The number of rotatable bonds is 47. The highest BCUT2D eigenvalue weighted by molar-refractivity contribution is 5.74. The summed E-state index contributed by atoms with van der Waals surface area (Å²) < 4.78 is 28.3. The Labute approximate surface area is 464 Å². The molecule has 0 amide bonds.